The van der Waals surface area contributed by atoms with Crippen LogP contribution in [0.2, 0.25) is 0 Å². The number of hydrogen-bond acceptors (Lipinski definition) is 22. The highest BCUT2D eigenvalue weighted by Crippen LogP contribution is 2.42. The summed E-state index contributed by atoms with van der Waals surface area (Å²) in [5.74, 6) is -4.61. The minimum absolute atomic E-state index is 0.328. The zero-order chi connectivity index (χ0) is 43.1. The minimum Gasteiger partial charge on any atom is -0.463 e. The molecule has 0 unspecified atom stereocenters. The Morgan fingerprint density at radius 2 is 0.707 bits per heavy atom. The van der Waals surface area contributed by atoms with Crippen molar-refractivity contribution in [2.24, 2.45) is 0 Å². The van der Waals surface area contributed by atoms with Gasteiger partial charge in [0, 0.05) is 66.9 Å². The van der Waals surface area contributed by atoms with Crippen LogP contribution in [0.25, 0.3) is 0 Å². The molecule has 18 nitrogen and oxygen atoms in total. The van der Waals surface area contributed by atoms with Crippen molar-refractivity contribution in [3.63, 3.8) is 0 Å². The molecule has 10 atom stereocenters. The van der Waals surface area contributed by atoms with Gasteiger partial charge in [-0.3, -0.25) is 38.4 Å². The molecule has 0 bridgehead atoms. The van der Waals surface area contributed by atoms with Crippen molar-refractivity contribution in [2.45, 2.75) is 127 Å². The summed E-state index contributed by atoms with van der Waals surface area (Å²) < 4.78 is 55.4. The van der Waals surface area contributed by atoms with Crippen LogP contribution in [0.1, 0.15) is 66.5 Å². The molecule has 2 aliphatic heterocycles. The Labute approximate surface area is 350 Å². The molecular weight excluding hydrogens is 849 g/mol. The van der Waals surface area contributed by atoms with Crippen molar-refractivity contribution < 1.29 is 85.7 Å². The van der Waals surface area contributed by atoms with Crippen LogP contribution in [0.5, 0.6) is 0 Å². The quantitative estimate of drug-likeness (QED) is 0.116. The Kier molecular flexibility index (Phi) is 20.0. The van der Waals surface area contributed by atoms with Gasteiger partial charge >= 0.3 is 47.8 Å². The first-order valence-corrected chi connectivity index (χ1v) is 22.4. The lowest BCUT2D eigenvalue weighted by molar-refractivity contribution is -0.237. The van der Waals surface area contributed by atoms with Gasteiger partial charge in [-0.25, -0.2) is 0 Å². The Balaban J connectivity index is 1.70. The van der Waals surface area contributed by atoms with E-state index in [1.165, 1.54) is 70.9 Å². The third kappa shape index (κ3) is 16.2. The zero-order valence-electron chi connectivity index (χ0n) is 32.9. The van der Waals surface area contributed by atoms with Gasteiger partial charge in [0.05, 0.1) is 0 Å². The number of rotatable bonds is 18. The Bertz CT molecular complexity index is 1510. The lowest BCUT2D eigenvalue weighted by Gasteiger charge is -2.43. The van der Waals surface area contributed by atoms with Gasteiger partial charge in [-0.1, -0.05) is 67.4 Å². The monoisotopic (exact) mass is 894 g/mol. The minimum atomic E-state index is -1.27. The van der Waals surface area contributed by atoms with Crippen molar-refractivity contribution in [1.82, 2.24) is 0 Å². The Morgan fingerprint density at radius 1 is 0.431 bits per heavy atom. The van der Waals surface area contributed by atoms with Gasteiger partial charge in [0.1, 0.15) is 25.4 Å². The molecule has 0 aromatic heterocycles. The fourth-order valence-electron chi connectivity index (χ4n) is 5.60. The second kappa shape index (κ2) is 23.8. The predicted molar refractivity (Wildman–Crippen MR) is 208 cm³/mol. The third-order valence-corrected chi connectivity index (χ3v) is 12.7. The number of benzene rings is 1. The highest BCUT2D eigenvalue weighted by atomic mass is 33.1. The summed E-state index contributed by atoms with van der Waals surface area (Å²) >= 11 is 0. The standard InChI is InChI=1S/C36H46O18S4/c1-17(37)45-13-27-29(47-19(3)39)31(49-21(5)41)33(51-23(7)43)35(53-27)57-55-15-25-9-11-26(12-10-25)16-56-58-36-34(52-24(8)44)32(50-22(6)42)30(48-20(4)40)28(54-36)14-46-18(2)38/h9-12,27-36H,13-16H2,1-8H3/t27-,28-,29-,30-,31+,32+,33-,34-,35+,36+/m1/s1. The lowest BCUT2D eigenvalue weighted by atomic mass is 9.99. The van der Waals surface area contributed by atoms with Gasteiger partial charge in [-0.2, -0.15) is 0 Å². The number of hydrogen-bond donors (Lipinski definition) is 0. The summed E-state index contributed by atoms with van der Waals surface area (Å²) in [5, 5.41) is 0. The van der Waals surface area contributed by atoms with Crippen molar-refractivity contribution in [3.8, 4) is 0 Å². The second-order valence-corrected chi connectivity index (χ2v) is 17.6. The second-order valence-electron chi connectivity index (χ2n) is 12.7. The van der Waals surface area contributed by atoms with Crippen molar-refractivity contribution in [3.05, 3.63) is 35.4 Å². The summed E-state index contributed by atoms with van der Waals surface area (Å²) in [5.41, 5.74) is -0.0581. The summed E-state index contributed by atoms with van der Waals surface area (Å²) in [6, 6.07) is 7.59. The molecule has 322 valence electrons. The summed E-state index contributed by atoms with van der Waals surface area (Å²) in [6.07, 6.45) is -9.50. The molecule has 0 spiro atoms. The molecule has 0 saturated carbocycles. The highest BCUT2D eigenvalue weighted by molar-refractivity contribution is 8.76. The van der Waals surface area contributed by atoms with E-state index in [2.05, 4.69) is 0 Å². The Hall–Kier alpha value is -3.70. The van der Waals surface area contributed by atoms with Crippen LogP contribution in [0, 0.1) is 0 Å². The van der Waals surface area contributed by atoms with Crippen molar-refractivity contribution in [1.29, 1.82) is 0 Å². The smallest absolute Gasteiger partial charge is 0.303 e. The largest absolute Gasteiger partial charge is 0.463 e. The third-order valence-electron chi connectivity index (χ3n) is 7.70. The molecule has 0 aliphatic carbocycles. The van der Waals surface area contributed by atoms with Crippen LogP contribution >= 0.6 is 43.2 Å². The maximum atomic E-state index is 12.1. The van der Waals surface area contributed by atoms with Crippen LogP contribution in [0.15, 0.2) is 24.3 Å². The summed E-state index contributed by atoms with van der Waals surface area (Å²) in [6.45, 7) is 8.69. The van der Waals surface area contributed by atoms with E-state index in [4.69, 9.17) is 47.4 Å². The molecular formula is C36H46O18S4. The summed E-state index contributed by atoms with van der Waals surface area (Å²) in [4.78, 5) is 95.7. The van der Waals surface area contributed by atoms with E-state index in [-0.39, 0.29) is 13.2 Å². The normalized spacial score (nSPS) is 26.6. The SMILES string of the molecule is CC(=O)OC[C@H]1O[C@@H](SSCc2ccc(CSS[C@@H]3O[C@H](COC(C)=O)[C@@H](OC(C)=O)[C@H](OC(C)=O)[C@H]3OC(C)=O)cc2)[C@H](OC(C)=O)[C@@H](OC(C)=O)[C@@H]1OC(C)=O. The summed E-state index contributed by atoms with van der Waals surface area (Å²) in [7, 11) is 5.06. The average Bonchev–Trinajstić information content (AvgIpc) is 3.10. The van der Waals surface area contributed by atoms with E-state index in [1.54, 1.807) is 0 Å². The molecule has 58 heavy (non-hydrogen) atoms. The first kappa shape index (κ1) is 48.7. The fraction of sp³-hybridized carbons (Fsp3) is 0.611. The van der Waals surface area contributed by atoms with Gasteiger partial charge in [0.25, 0.3) is 0 Å². The van der Waals surface area contributed by atoms with Crippen molar-refractivity contribution >= 4 is 90.9 Å². The predicted octanol–water partition coefficient (Wildman–Crippen LogP) is 3.62. The molecule has 1 aromatic carbocycles. The molecule has 0 N–H and O–H groups in total. The van der Waals surface area contributed by atoms with E-state index in [1.807, 2.05) is 24.3 Å². The maximum absolute atomic E-state index is 12.1. The van der Waals surface area contributed by atoms with E-state index >= 15 is 0 Å². The number of esters is 8. The molecule has 1 aromatic rings. The number of carbonyl (C=O) groups is 8. The highest BCUT2D eigenvalue weighted by Gasteiger charge is 2.54. The van der Waals surface area contributed by atoms with Gasteiger partial charge < -0.3 is 47.4 Å². The van der Waals surface area contributed by atoms with Gasteiger partial charge in [0.15, 0.2) is 47.5 Å². The van der Waals surface area contributed by atoms with Gasteiger partial charge in [-0.05, 0) is 11.1 Å². The maximum Gasteiger partial charge on any atom is 0.303 e. The first-order chi connectivity index (χ1) is 27.3. The molecule has 2 fully saturated rings. The van der Waals surface area contributed by atoms with Crippen molar-refractivity contribution in [2.75, 3.05) is 13.2 Å². The first-order valence-electron chi connectivity index (χ1n) is 17.6. The molecule has 2 saturated heterocycles. The van der Waals surface area contributed by atoms with Gasteiger partial charge in [0.2, 0.25) is 0 Å². The molecule has 0 radical (unpaired) electrons. The van der Waals surface area contributed by atoms with Crippen LogP contribution in [0.4, 0.5) is 0 Å². The van der Waals surface area contributed by atoms with E-state index in [0.29, 0.717) is 11.5 Å². The fourth-order valence-corrected chi connectivity index (χ4v) is 10.6. The van der Waals surface area contributed by atoms with Crippen LogP contribution < -0.4 is 0 Å². The zero-order valence-corrected chi connectivity index (χ0v) is 36.2. The molecule has 22 heteroatoms. The van der Waals surface area contributed by atoms with Crippen LogP contribution in [-0.2, 0) is 97.2 Å². The topological polar surface area (TPSA) is 229 Å². The van der Waals surface area contributed by atoms with Gasteiger partial charge in [-0.15, -0.1) is 0 Å². The van der Waals surface area contributed by atoms with Crippen LogP contribution in [0.3, 0.4) is 0 Å². The van der Waals surface area contributed by atoms with E-state index in [9.17, 15) is 38.4 Å². The molecule has 2 aliphatic rings. The number of ether oxygens (including phenoxy) is 10. The van der Waals surface area contributed by atoms with E-state index in [0.717, 1.165) is 38.8 Å². The molecule has 0 amide bonds. The lowest BCUT2D eigenvalue weighted by Crippen LogP contribution is -2.61. The molecule has 3 rings (SSSR count). The van der Waals surface area contributed by atoms with E-state index < -0.39 is 107 Å². The number of carbonyl (C=O) groups excluding carboxylic acids is 8. The average molecular weight is 895 g/mol. The molecule has 2 heterocycles. The van der Waals surface area contributed by atoms with Crippen LogP contribution in [-0.4, -0.2) is 121 Å². The Morgan fingerprint density at radius 3 is 0.983 bits per heavy atom.